The molecule has 0 amide bonds. The van der Waals surface area contributed by atoms with Crippen molar-refractivity contribution in [3.8, 4) is 0 Å². The summed E-state index contributed by atoms with van der Waals surface area (Å²) in [5, 5.41) is 3.09. The van der Waals surface area contributed by atoms with E-state index >= 15 is 0 Å². The smallest absolute Gasteiger partial charge is 0.358 e. The first-order valence-corrected chi connectivity index (χ1v) is 4.92. The molecule has 0 unspecified atom stereocenters. The molecule has 1 rings (SSSR count). The molecule has 1 aromatic heterocycles. The average Bonchev–Trinajstić information content (AvgIpc) is 2.28. The number of carbonyl (C=O) groups is 1. The number of methoxy groups -OCH3 is 1. The van der Waals surface area contributed by atoms with Gasteiger partial charge in [0.05, 0.1) is 19.5 Å². The topological polar surface area (TPSA) is 67.3 Å². The number of aromatic nitrogens is 2. The zero-order chi connectivity index (χ0) is 12.0. The number of likely N-dealkylation sites (N-methyl/N-ethyl adjacent to an activating group) is 1. The largest absolute Gasteiger partial charge is 0.464 e. The Morgan fingerprint density at radius 1 is 1.44 bits per heavy atom. The third-order valence-electron chi connectivity index (χ3n) is 1.91. The Labute approximate surface area is 94.6 Å². The Morgan fingerprint density at radius 3 is 2.69 bits per heavy atom. The molecule has 0 aromatic carbocycles. The van der Waals surface area contributed by atoms with E-state index in [1.807, 2.05) is 14.1 Å². The van der Waals surface area contributed by atoms with Crippen molar-refractivity contribution in [2.45, 2.75) is 0 Å². The highest BCUT2D eigenvalue weighted by atomic mass is 16.5. The lowest BCUT2D eigenvalue weighted by Gasteiger charge is -2.10. The van der Waals surface area contributed by atoms with Crippen LogP contribution in [-0.4, -0.2) is 55.1 Å². The molecule has 0 spiro atoms. The second kappa shape index (κ2) is 6.02. The summed E-state index contributed by atoms with van der Waals surface area (Å²) in [6, 6.07) is 0. The van der Waals surface area contributed by atoms with E-state index in [2.05, 4.69) is 24.9 Å². The fourth-order valence-corrected chi connectivity index (χ4v) is 1.04. The molecule has 0 bridgehead atoms. The fourth-order valence-electron chi connectivity index (χ4n) is 1.04. The number of ether oxygens (including phenoxy) is 1. The summed E-state index contributed by atoms with van der Waals surface area (Å²) < 4.78 is 4.52. The summed E-state index contributed by atoms with van der Waals surface area (Å²) in [7, 11) is 5.30. The standard InChI is InChI=1S/C10H16N4O2/c1-14(2)5-4-11-9-7-12-8(6-13-9)10(15)16-3/h6-7H,4-5H2,1-3H3,(H,11,13). The number of nitrogens with zero attached hydrogens (tertiary/aromatic N) is 3. The first kappa shape index (κ1) is 12.4. The molecule has 6 heteroatoms. The molecular formula is C10H16N4O2. The Hall–Kier alpha value is -1.69. The predicted octanol–water partition coefficient (Wildman–Crippen LogP) is 0.237. The molecule has 1 heterocycles. The molecule has 0 radical (unpaired) electrons. The van der Waals surface area contributed by atoms with Gasteiger partial charge in [-0.25, -0.2) is 14.8 Å². The van der Waals surface area contributed by atoms with Crippen molar-refractivity contribution >= 4 is 11.8 Å². The molecule has 0 saturated carbocycles. The van der Waals surface area contributed by atoms with Gasteiger partial charge in [-0.3, -0.25) is 0 Å². The summed E-state index contributed by atoms with van der Waals surface area (Å²) in [6.07, 6.45) is 2.91. The van der Waals surface area contributed by atoms with Crippen LogP contribution in [0.15, 0.2) is 12.4 Å². The number of hydrogen-bond donors (Lipinski definition) is 1. The highest BCUT2D eigenvalue weighted by Gasteiger charge is 2.06. The third-order valence-corrected chi connectivity index (χ3v) is 1.91. The molecule has 1 N–H and O–H groups in total. The molecule has 1 aromatic rings. The van der Waals surface area contributed by atoms with E-state index in [0.29, 0.717) is 5.82 Å². The van der Waals surface area contributed by atoms with Gasteiger partial charge in [0.25, 0.3) is 0 Å². The quantitative estimate of drug-likeness (QED) is 0.722. The van der Waals surface area contributed by atoms with Crippen LogP contribution >= 0.6 is 0 Å². The minimum Gasteiger partial charge on any atom is -0.464 e. The molecule has 0 saturated heterocycles. The van der Waals surface area contributed by atoms with Crippen molar-refractivity contribution < 1.29 is 9.53 Å². The van der Waals surface area contributed by atoms with Crippen molar-refractivity contribution in [3.05, 3.63) is 18.1 Å². The molecule has 0 aliphatic rings. The van der Waals surface area contributed by atoms with Gasteiger partial charge < -0.3 is 15.0 Å². The Bertz CT molecular complexity index is 337. The van der Waals surface area contributed by atoms with Gasteiger partial charge in [-0.1, -0.05) is 0 Å². The van der Waals surface area contributed by atoms with Gasteiger partial charge in [0.1, 0.15) is 5.82 Å². The predicted molar refractivity (Wildman–Crippen MR) is 60.4 cm³/mol. The van der Waals surface area contributed by atoms with Crippen LogP contribution in [0.4, 0.5) is 5.82 Å². The monoisotopic (exact) mass is 224 g/mol. The maximum absolute atomic E-state index is 11.1. The number of esters is 1. The molecule has 0 aliphatic heterocycles. The number of anilines is 1. The van der Waals surface area contributed by atoms with E-state index in [4.69, 9.17) is 0 Å². The van der Waals surface area contributed by atoms with E-state index in [-0.39, 0.29) is 5.69 Å². The average molecular weight is 224 g/mol. The van der Waals surface area contributed by atoms with Crippen molar-refractivity contribution in [1.29, 1.82) is 0 Å². The Kier molecular flexibility index (Phi) is 4.65. The lowest BCUT2D eigenvalue weighted by Crippen LogP contribution is -2.21. The molecule has 6 nitrogen and oxygen atoms in total. The Balaban J connectivity index is 2.48. The zero-order valence-corrected chi connectivity index (χ0v) is 9.73. The van der Waals surface area contributed by atoms with E-state index in [1.165, 1.54) is 19.5 Å². The minimum absolute atomic E-state index is 0.209. The van der Waals surface area contributed by atoms with Crippen molar-refractivity contribution in [3.63, 3.8) is 0 Å². The minimum atomic E-state index is -0.479. The molecule has 0 atom stereocenters. The number of carbonyl (C=O) groups excluding carboxylic acids is 1. The van der Waals surface area contributed by atoms with E-state index in [1.54, 1.807) is 0 Å². The number of hydrogen-bond acceptors (Lipinski definition) is 6. The first-order valence-electron chi connectivity index (χ1n) is 4.92. The lowest BCUT2D eigenvalue weighted by molar-refractivity contribution is 0.0593. The van der Waals surface area contributed by atoms with E-state index < -0.39 is 5.97 Å². The van der Waals surface area contributed by atoms with Crippen LogP contribution in [0.3, 0.4) is 0 Å². The van der Waals surface area contributed by atoms with Gasteiger partial charge in [0.15, 0.2) is 5.69 Å². The van der Waals surface area contributed by atoms with E-state index in [9.17, 15) is 4.79 Å². The third kappa shape index (κ3) is 3.82. The number of nitrogens with one attached hydrogen (secondary N) is 1. The summed E-state index contributed by atoms with van der Waals surface area (Å²) in [4.78, 5) is 21.1. The Morgan fingerprint density at radius 2 is 2.19 bits per heavy atom. The highest BCUT2D eigenvalue weighted by Crippen LogP contribution is 2.01. The van der Waals surface area contributed by atoms with Crippen LogP contribution in [0.1, 0.15) is 10.5 Å². The summed E-state index contributed by atoms with van der Waals surface area (Å²) in [5.74, 6) is 0.168. The zero-order valence-electron chi connectivity index (χ0n) is 9.73. The van der Waals surface area contributed by atoms with Gasteiger partial charge in [-0.15, -0.1) is 0 Å². The molecule has 88 valence electrons. The molecular weight excluding hydrogens is 208 g/mol. The summed E-state index contributed by atoms with van der Waals surface area (Å²) >= 11 is 0. The maximum atomic E-state index is 11.1. The summed E-state index contributed by atoms with van der Waals surface area (Å²) in [5.41, 5.74) is 0.209. The van der Waals surface area contributed by atoms with Gasteiger partial charge >= 0.3 is 5.97 Å². The second-order valence-electron chi connectivity index (χ2n) is 3.51. The van der Waals surface area contributed by atoms with Crippen LogP contribution in [0.5, 0.6) is 0 Å². The van der Waals surface area contributed by atoms with Gasteiger partial charge in [0, 0.05) is 13.1 Å². The molecule has 0 fully saturated rings. The molecule has 0 aliphatic carbocycles. The van der Waals surface area contributed by atoms with Crippen LogP contribution in [0, 0.1) is 0 Å². The fraction of sp³-hybridized carbons (Fsp3) is 0.500. The second-order valence-corrected chi connectivity index (χ2v) is 3.51. The van der Waals surface area contributed by atoms with Crippen LogP contribution in [0.25, 0.3) is 0 Å². The van der Waals surface area contributed by atoms with Crippen molar-refractivity contribution in [2.24, 2.45) is 0 Å². The van der Waals surface area contributed by atoms with Crippen LogP contribution in [0.2, 0.25) is 0 Å². The van der Waals surface area contributed by atoms with Gasteiger partial charge in [0.2, 0.25) is 0 Å². The van der Waals surface area contributed by atoms with Crippen LogP contribution in [-0.2, 0) is 4.74 Å². The number of rotatable bonds is 5. The van der Waals surface area contributed by atoms with Gasteiger partial charge in [-0.05, 0) is 14.1 Å². The van der Waals surface area contributed by atoms with Crippen LogP contribution < -0.4 is 5.32 Å². The van der Waals surface area contributed by atoms with E-state index in [0.717, 1.165) is 13.1 Å². The van der Waals surface area contributed by atoms with Crippen molar-refractivity contribution in [2.75, 3.05) is 39.6 Å². The summed E-state index contributed by atoms with van der Waals surface area (Å²) in [6.45, 7) is 1.68. The SMILES string of the molecule is COC(=O)c1cnc(NCCN(C)C)cn1. The van der Waals surface area contributed by atoms with Gasteiger partial charge in [-0.2, -0.15) is 0 Å². The molecule has 16 heavy (non-hydrogen) atoms. The normalized spacial score (nSPS) is 10.2. The lowest BCUT2D eigenvalue weighted by atomic mass is 10.4. The highest BCUT2D eigenvalue weighted by molar-refractivity contribution is 5.86. The first-order chi connectivity index (χ1) is 7.63. The van der Waals surface area contributed by atoms with Crippen molar-refractivity contribution in [1.82, 2.24) is 14.9 Å². The maximum Gasteiger partial charge on any atom is 0.358 e.